The van der Waals surface area contributed by atoms with Crippen LogP contribution >= 0.6 is 11.3 Å². The number of anilines is 2. The standard InChI is InChI=1S/C25H25N5O2S/c1-3-16-11-8-12-17(4-2)22(16)29-14-19(13-21(29)31)23(32)26-24-27-25-30(28-24)20(15-33-25)18-9-6-5-7-10-18/h5-12,15,19H,3-4,13-14H2,1-2H3,(H,26,28,32). The molecule has 168 valence electrons. The number of benzene rings is 2. The first-order chi connectivity index (χ1) is 16.1. The Morgan fingerprint density at radius 3 is 2.52 bits per heavy atom. The molecule has 7 nitrogen and oxygen atoms in total. The third-order valence-electron chi connectivity index (χ3n) is 6.12. The maximum atomic E-state index is 13.0. The van der Waals surface area contributed by atoms with Gasteiger partial charge in [-0.05, 0) is 24.0 Å². The number of amides is 2. The number of para-hydroxylation sites is 1. The molecule has 0 saturated carbocycles. The van der Waals surface area contributed by atoms with Crippen LogP contribution < -0.4 is 10.2 Å². The van der Waals surface area contributed by atoms with Crippen LogP contribution in [-0.2, 0) is 22.4 Å². The van der Waals surface area contributed by atoms with Gasteiger partial charge in [-0.1, -0.05) is 62.4 Å². The molecule has 0 spiro atoms. The van der Waals surface area contributed by atoms with Crippen LogP contribution in [0, 0.1) is 5.92 Å². The van der Waals surface area contributed by atoms with E-state index in [-0.39, 0.29) is 24.2 Å². The van der Waals surface area contributed by atoms with Gasteiger partial charge in [0.1, 0.15) is 0 Å². The zero-order valence-electron chi connectivity index (χ0n) is 18.6. The highest BCUT2D eigenvalue weighted by Gasteiger charge is 2.37. The molecule has 2 amide bonds. The van der Waals surface area contributed by atoms with Gasteiger partial charge < -0.3 is 4.90 Å². The number of aryl methyl sites for hydroxylation is 2. The van der Waals surface area contributed by atoms with Gasteiger partial charge in [-0.2, -0.15) is 4.98 Å². The summed E-state index contributed by atoms with van der Waals surface area (Å²) in [6, 6.07) is 16.1. The molecule has 33 heavy (non-hydrogen) atoms. The second-order valence-electron chi connectivity index (χ2n) is 8.14. The maximum absolute atomic E-state index is 13.0. The molecule has 0 bridgehead atoms. The first-order valence-corrected chi connectivity index (χ1v) is 12.1. The van der Waals surface area contributed by atoms with Crippen LogP contribution in [0.3, 0.4) is 0 Å². The van der Waals surface area contributed by atoms with Crippen molar-refractivity contribution in [2.24, 2.45) is 5.92 Å². The summed E-state index contributed by atoms with van der Waals surface area (Å²) in [6.07, 6.45) is 1.86. The number of fused-ring (bicyclic) bond motifs is 1. The fourth-order valence-corrected chi connectivity index (χ4v) is 5.25. The molecule has 2 aromatic carbocycles. The van der Waals surface area contributed by atoms with Crippen LogP contribution in [0.4, 0.5) is 11.6 Å². The third-order valence-corrected chi connectivity index (χ3v) is 6.93. The molecule has 4 aromatic rings. The Balaban J connectivity index is 1.35. The summed E-state index contributed by atoms with van der Waals surface area (Å²) in [5, 5.41) is 9.33. The maximum Gasteiger partial charge on any atom is 0.250 e. The van der Waals surface area contributed by atoms with Gasteiger partial charge in [0.05, 0.1) is 11.6 Å². The number of carbonyl (C=O) groups is 2. The molecular formula is C25H25N5O2S. The lowest BCUT2D eigenvalue weighted by atomic mass is 10.0. The van der Waals surface area contributed by atoms with E-state index in [9.17, 15) is 9.59 Å². The summed E-state index contributed by atoms with van der Waals surface area (Å²) in [6.45, 7) is 4.54. The normalized spacial score (nSPS) is 16.0. The summed E-state index contributed by atoms with van der Waals surface area (Å²) in [7, 11) is 0. The van der Waals surface area contributed by atoms with E-state index in [1.54, 1.807) is 9.42 Å². The number of rotatable bonds is 6. The Bertz CT molecular complexity index is 1310. The minimum Gasteiger partial charge on any atom is -0.311 e. The molecular weight excluding hydrogens is 434 g/mol. The van der Waals surface area contributed by atoms with E-state index >= 15 is 0 Å². The zero-order valence-corrected chi connectivity index (χ0v) is 19.4. The zero-order chi connectivity index (χ0) is 22.9. The van der Waals surface area contributed by atoms with Crippen molar-refractivity contribution in [1.82, 2.24) is 14.6 Å². The van der Waals surface area contributed by atoms with Gasteiger partial charge in [0.15, 0.2) is 0 Å². The summed E-state index contributed by atoms with van der Waals surface area (Å²) in [4.78, 5) is 32.9. The lowest BCUT2D eigenvalue weighted by molar-refractivity contribution is -0.122. The van der Waals surface area contributed by atoms with E-state index in [1.807, 2.05) is 41.8 Å². The van der Waals surface area contributed by atoms with Crippen molar-refractivity contribution >= 4 is 39.7 Å². The van der Waals surface area contributed by atoms with E-state index in [4.69, 9.17) is 0 Å². The van der Waals surface area contributed by atoms with Crippen molar-refractivity contribution in [2.45, 2.75) is 33.1 Å². The van der Waals surface area contributed by atoms with E-state index in [0.29, 0.717) is 11.5 Å². The van der Waals surface area contributed by atoms with Gasteiger partial charge in [-0.25, -0.2) is 4.52 Å². The van der Waals surface area contributed by atoms with Crippen LogP contribution in [0.15, 0.2) is 53.9 Å². The summed E-state index contributed by atoms with van der Waals surface area (Å²) < 4.78 is 1.74. The average molecular weight is 460 g/mol. The molecule has 1 atom stereocenters. The molecule has 5 rings (SSSR count). The highest BCUT2D eigenvalue weighted by atomic mass is 32.1. The minimum atomic E-state index is -0.442. The third kappa shape index (κ3) is 3.91. The Kier molecular flexibility index (Phi) is 5.68. The molecule has 1 fully saturated rings. The van der Waals surface area contributed by atoms with Crippen molar-refractivity contribution in [3.8, 4) is 11.3 Å². The monoisotopic (exact) mass is 459 g/mol. The number of carbonyl (C=O) groups excluding carboxylic acids is 2. The fourth-order valence-electron chi connectivity index (χ4n) is 4.42. The number of aromatic nitrogens is 3. The van der Waals surface area contributed by atoms with Crippen LogP contribution in [0.5, 0.6) is 0 Å². The second kappa shape index (κ2) is 8.78. The van der Waals surface area contributed by atoms with E-state index in [2.05, 4.69) is 41.4 Å². The largest absolute Gasteiger partial charge is 0.311 e. The Morgan fingerprint density at radius 1 is 1.09 bits per heavy atom. The highest BCUT2D eigenvalue weighted by molar-refractivity contribution is 7.15. The molecule has 1 unspecified atom stereocenters. The highest BCUT2D eigenvalue weighted by Crippen LogP contribution is 2.33. The van der Waals surface area contributed by atoms with E-state index in [1.165, 1.54) is 11.3 Å². The lowest BCUT2D eigenvalue weighted by Crippen LogP contribution is -2.29. The number of thiazole rings is 1. The van der Waals surface area contributed by atoms with Crippen molar-refractivity contribution in [3.05, 3.63) is 65.0 Å². The minimum absolute atomic E-state index is 0.0177. The quantitative estimate of drug-likeness (QED) is 0.458. The van der Waals surface area contributed by atoms with Gasteiger partial charge in [-0.3, -0.25) is 14.9 Å². The van der Waals surface area contributed by atoms with Crippen LogP contribution in [0.25, 0.3) is 16.2 Å². The number of nitrogens with zero attached hydrogens (tertiary/aromatic N) is 4. The molecule has 1 aliphatic rings. The van der Waals surface area contributed by atoms with Gasteiger partial charge in [-0.15, -0.1) is 16.4 Å². The van der Waals surface area contributed by atoms with Crippen LogP contribution in [0.1, 0.15) is 31.4 Å². The predicted octanol–water partition coefficient (Wildman–Crippen LogP) is 4.57. The SMILES string of the molecule is CCc1cccc(CC)c1N1CC(C(=O)Nc2nc3scc(-c4ccccc4)n3n2)CC1=O. The molecule has 0 aliphatic carbocycles. The van der Waals surface area contributed by atoms with Gasteiger partial charge in [0.25, 0.3) is 0 Å². The van der Waals surface area contributed by atoms with Crippen molar-refractivity contribution in [1.29, 1.82) is 0 Å². The lowest BCUT2D eigenvalue weighted by Gasteiger charge is -2.23. The molecule has 0 radical (unpaired) electrons. The molecule has 1 N–H and O–H groups in total. The van der Waals surface area contributed by atoms with E-state index in [0.717, 1.165) is 40.9 Å². The average Bonchev–Trinajstić information content (AvgIpc) is 3.53. The molecule has 8 heteroatoms. The predicted molar refractivity (Wildman–Crippen MR) is 131 cm³/mol. The van der Waals surface area contributed by atoms with E-state index < -0.39 is 5.92 Å². The van der Waals surface area contributed by atoms with Gasteiger partial charge in [0, 0.05) is 29.6 Å². The summed E-state index contributed by atoms with van der Waals surface area (Å²) in [5.74, 6) is -0.423. The first-order valence-electron chi connectivity index (χ1n) is 11.2. The van der Waals surface area contributed by atoms with Crippen LogP contribution in [0.2, 0.25) is 0 Å². The summed E-state index contributed by atoms with van der Waals surface area (Å²) >= 11 is 1.47. The van der Waals surface area contributed by atoms with Crippen molar-refractivity contribution < 1.29 is 9.59 Å². The number of hydrogen-bond acceptors (Lipinski definition) is 5. The van der Waals surface area contributed by atoms with Crippen molar-refractivity contribution in [2.75, 3.05) is 16.8 Å². The fraction of sp³-hybridized carbons (Fsp3) is 0.280. The van der Waals surface area contributed by atoms with Crippen molar-refractivity contribution in [3.63, 3.8) is 0 Å². The number of hydrogen-bond donors (Lipinski definition) is 1. The molecule has 1 aliphatic heterocycles. The smallest absolute Gasteiger partial charge is 0.250 e. The van der Waals surface area contributed by atoms with Gasteiger partial charge in [0.2, 0.25) is 22.7 Å². The molecule has 3 heterocycles. The molecule has 2 aromatic heterocycles. The number of nitrogens with one attached hydrogen (secondary N) is 1. The topological polar surface area (TPSA) is 79.6 Å². The Labute approximate surface area is 196 Å². The van der Waals surface area contributed by atoms with Crippen LogP contribution in [-0.4, -0.2) is 33.0 Å². The Morgan fingerprint density at radius 2 is 1.82 bits per heavy atom. The molecule has 1 saturated heterocycles. The Hall–Kier alpha value is -3.52. The van der Waals surface area contributed by atoms with Gasteiger partial charge >= 0.3 is 0 Å². The summed E-state index contributed by atoms with van der Waals surface area (Å²) in [5.41, 5.74) is 5.19. The first kappa shape index (κ1) is 21.3. The second-order valence-corrected chi connectivity index (χ2v) is 8.98.